The summed E-state index contributed by atoms with van der Waals surface area (Å²) in [5.41, 5.74) is 5.83. The van der Waals surface area contributed by atoms with Crippen LogP contribution >= 0.6 is 0 Å². The standard InChI is InChI=1S/C12H18N2O3/c1-9-4-3-5-10(6-9)13-14-11(17)12(2,7-15)8-16/h3-6,13,15-16H,7-8H2,1-2H3,(H,14,17). The Morgan fingerprint density at radius 3 is 2.53 bits per heavy atom. The largest absolute Gasteiger partial charge is 0.395 e. The lowest BCUT2D eigenvalue weighted by atomic mass is 9.92. The number of aliphatic hydroxyl groups excluding tert-OH is 2. The summed E-state index contributed by atoms with van der Waals surface area (Å²) in [5, 5.41) is 18.1. The minimum absolute atomic E-state index is 0.412. The number of amides is 1. The number of hydrazine groups is 1. The Bertz CT molecular complexity index is 389. The molecule has 4 N–H and O–H groups in total. The van der Waals surface area contributed by atoms with E-state index >= 15 is 0 Å². The molecule has 0 aliphatic heterocycles. The van der Waals surface area contributed by atoms with Crippen LogP contribution < -0.4 is 10.9 Å². The molecule has 0 bridgehead atoms. The Labute approximate surface area is 100 Å². The van der Waals surface area contributed by atoms with E-state index in [1.54, 1.807) is 0 Å². The van der Waals surface area contributed by atoms with Crippen molar-refractivity contribution in [1.29, 1.82) is 0 Å². The monoisotopic (exact) mass is 238 g/mol. The first kappa shape index (κ1) is 13.5. The number of hydrogen-bond donors (Lipinski definition) is 4. The van der Waals surface area contributed by atoms with Gasteiger partial charge in [0.15, 0.2) is 0 Å². The van der Waals surface area contributed by atoms with Crippen LogP contribution in [0.4, 0.5) is 5.69 Å². The summed E-state index contributed by atoms with van der Waals surface area (Å²) < 4.78 is 0. The Morgan fingerprint density at radius 1 is 1.35 bits per heavy atom. The van der Waals surface area contributed by atoms with Gasteiger partial charge >= 0.3 is 0 Å². The third-order valence-corrected chi connectivity index (χ3v) is 2.58. The predicted octanol–water partition coefficient (Wildman–Crippen LogP) is 0.429. The number of hydrogen-bond acceptors (Lipinski definition) is 4. The zero-order valence-corrected chi connectivity index (χ0v) is 10.0. The van der Waals surface area contributed by atoms with E-state index in [4.69, 9.17) is 10.2 Å². The number of benzene rings is 1. The van der Waals surface area contributed by atoms with Crippen LogP contribution in [-0.4, -0.2) is 29.3 Å². The summed E-state index contributed by atoms with van der Waals surface area (Å²) in [6, 6.07) is 7.48. The molecule has 5 heteroatoms. The van der Waals surface area contributed by atoms with Crippen molar-refractivity contribution in [1.82, 2.24) is 5.43 Å². The molecule has 1 aromatic carbocycles. The average molecular weight is 238 g/mol. The summed E-state index contributed by atoms with van der Waals surface area (Å²) in [4.78, 5) is 11.7. The molecule has 0 spiro atoms. The van der Waals surface area contributed by atoms with Crippen molar-refractivity contribution < 1.29 is 15.0 Å². The Balaban J connectivity index is 2.59. The maximum absolute atomic E-state index is 11.7. The van der Waals surface area contributed by atoms with Crippen molar-refractivity contribution in [3.63, 3.8) is 0 Å². The molecule has 0 fully saturated rings. The number of rotatable bonds is 5. The van der Waals surface area contributed by atoms with Gasteiger partial charge in [0.05, 0.1) is 24.3 Å². The van der Waals surface area contributed by atoms with Gasteiger partial charge in [-0.1, -0.05) is 12.1 Å². The molecule has 0 unspecified atom stereocenters. The zero-order chi connectivity index (χ0) is 12.9. The van der Waals surface area contributed by atoms with Gasteiger partial charge in [0, 0.05) is 0 Å². The minimum atomic E-state index is -1.18. The first-order valence-corrected chi connectivity index (χ1v) is 5.37. The van der Waals surface area contributed by atoms with Gasteiger partial charge in [0.2, 0.25) is 5.91 Å². The topological polar surface area (TPSA) is 81.6 Å². The van der Waals surface area contributed by atoms with Crippen LogP contribution in [0.5, 0.6) is 0 Å². The number of aliphatic hydroxyl groups is 2. The summed E-state index contributed by atoms with van der Waals surface area (Å²) in [5.74, 6) is -0.455. The van der Waals surface area contributed by atoms with Crippen LogP contribution in [0.1, 0.15) is 12.5 Å². The van der Waals surface area contributed by atoms with E-state index in [0.717, 1.165) is 11.3 Å². The highest BCUT2D eigenvalue weighted by Crippen LogP contribution is 2.14. The molecule has 0 aromatic heterocycles. The number of carbonyl (C=O) groups excluding carboxylic acids is 1. The highest BCUT2D eigenvalue weighted by molar-refractivity contribution is 5.83. The van der Waals surface area contributed by atoms with Gasteiger partial charge < -0.3 is 10.2 Å². The SMILES string of the molecule is Cc1cccc(NNC(=O)C(C)(CO)CO)c1. The van der Waals surface area contributed by atoms with Crippen molar-refractivity contribution in [3.05, 3.63) is 29.8 Å². The lowest BCUT2D eigenvalue weighted by Gasteiger charge is -2.23. The van der Waals surface area contributed by atoms with Gasteiger partial charge in [0.1, 0.15) is 0 Å². The summed E-state index contributed by atoms with van der Waals surface area (Å²) >= 11 is 0. The molecule has 0 aliphatic rings. The Morgan fingerprint density at radius 2 is 2.00 bits per heavy atom. The summed E-state index contributed by atoms with van der Waals surface area (Å²) in [6.07, 6.45) is 0. The van der Waals surface area contributed by atoms with Crippen molar-refractivity contribution in [2.24, 2.45) is 5.41 Å². The maximum atomic E-state index is 11.7. The number of anilines is 1. The van der Waals surface area contributed by atoms with E-state index < -0.39 is 24.5 Å². The zero-order valence-electron chi connectivity index (χ0n) is 10.0. The van der Waals surface area contributed by atoms with E-state index in [1.165, 1.54) is 6.92 Å². The van der Waals surface area contributed by atoms with E-state index in [0.29, 0.717) is 0 Å². The highest BCUT2D eigenvalue weighted by Gasteiger charge is 2.31. The molecule has 17 heavy (non-hydrogen) atoms. The smallest absolute Gasteiger partial charge is 0.248 e. The molecule has 0 saturated heterocycles. The first-order chi connectivity index (χ1) is 8.01. The van der Waals surface area contributed by atoms with Crippen molar-refractivity contribution in [3.8, 4) is 0 Å². The van der Waals surface area contributed by atoms with Gasteiger partial charge in [-0.3, -0.25) is 15.6 Å². The molecule has 1 rings (SSSR count). The number of aryl methyl sites for hydroxylation is 1. The minimum Gasteiger partial charge on any atom is -0.395 e. The quantitative estimate of drug-likeness (QED) is 0.561. The van der Waals surface area contributed by atoms with Crippen molar-refractivity contribution >= 4 is 11.6 Å². The Kier molecular flexibility index (Phi) is 4.48. The fraction of sp³-hybridized carbons (Fsp3) is 0.417. The maximum Gasteiger partial charge on any atom is 0.248 e. The molecule has 0 atom stereocenters. The van der Waals surface area contributed by atoms with Crippen LogP contribution in [0.2, 0.25) is 0 Å². The van der Waals surface area contributed by atoms with Gasteiger partial charge in [0.25, 0.3) is 0 Å². The molecule has 0 radical (unpaired) electrons. The molecule has 0 aliphatic carbocycles. The normalized spacial score (nSPS) is 11.1. The van der Waals surface area contributed by atoms with Crippen LogP contribution in [0.3, 0.4) is 0 Å². The Hall–Kier alpha value is -1.59. The van der Waals surface area contributed by atoms with Crippen LogP contribution in [0.25, 0.3) is 0 Å². The fourth-order valence-electron chi connectivity index (χ4n) is 1.20. The summed E-state index contributed by atoms with van der Waals surface area (Å²) in [7, 11) is 0. The molecule has 1 aromatic rings. The van der Waals surface area contributed by atoms with Gasteiger partial charge in [-0.25, -0.2) is 0 Å². The number of nitrogens with one attached hydrogen (secondary N) is 2. The van der Waals surface area contributed by atoms with Crippen molar-refractivity contribution in [2.75, 3.05) is 18.6 Å². The molecule has 0 saturated carbocycles. The second-order valence-electron chi connectivity index (χ2n) is 4.33. The molecule has 1 amide bonds. The predicted molar refractivity (Wildman–Crippen MR) is 65.2 cm³/mol. The van der Waals surface area contributed by atoms with Gasteiger partial charge in [-0.2, -0.15) is 0 Å². The lowest BCUT2D eigenvalue weighted by Crippen LogP contribution is -2.46. The second kappa shape index (κ2) is 5.65. The third kappa shape index (κ3) is 3.44. The lowest BCUT2D eigenvalue weighted by molar-refractivity contribution is -0.134. The fourth-order valence-corrected chi connectivity index (χ4v) is 1.20. The molecule has 5 nitrogen and oxygen atoms in total. The van der Waals surface area contributed by atoms with Crippen LogP contribution in [0.15, 0.2) is 24.3 Å². The highest BCUT2D eigenvalue weighted by atomic mass is 16.3. The second-order valence-corrected chi connectivity index (χ2v) is 4.33. The van der Waals surface area contributed by atoms with E-state index in [2.05, 4.69) is 10.9 Å². The van der Waals surface area contributed by atoms with E-state index in [9.17, 15) is 4.79 Å². The average Bonchev–Trinajstić information content (AvgIpc) is 2.35. The van der Waals surface area contributed by atoms with Gasteiger partial charge in [-0.05, 0) is 31.5 Å². The molecular weight excluding hydrogens is 220 g/mol. The molecular formula is C12H18N2O3. The molecule has 0 heterocycles. The third-order valence-electron chi connectivity index (χ3n) is 2.58. The van der Waals surface area contributed by atoms with Gasteiger partial charge in [-0.15, -0.1) is 0 Å². The van der Waals surface area contributed by atoms with E-state index in [-0.39, 0.29) is 0 Å². The van der Waals surface area contributed by atoms with E-state index in [1.807, 2.05) is 31.2 Å². The van der Waals surface area contributed by atoms with Crippen LogP contribution in [-0.2, 0) is 4.79 Å². The number of carbonyl (C=O) groups is 1. The van der Waals surface area contributed by atoms with Crippen LogP contribution in [0, 0.1) is 12.3 Å². The van der Waals surface area contributed by atoms with Crippen molar-refractivity contribution in [2.45, 2.75) is 13.8 Å². The summed E-state index contributed by atoms with van der Waals surface area (Å²) in [6.45, 7) is 2.61. The first-order valence-electron chi connectivity index (χ1n) is 5.37. The molecule has 94 valence electrons.